The van der Waals surface area contributed by atoms with Crippen LogP contribution in [0.4, 0.5) is 0 Å². The lowest BCUT2D eigenvalue weighted by atomic mass is 10.1. The number of phenols is 2. The molecule has 6 rings (SSSR count). The highest BCUT2D eigenvalue weighted by Crippen LogP contribution is 2.33. The van der Waals surface area contributed by atoms with Crippen LogP contribution in [-0.4, -0.2) is 47.1 Å². The number of aromatic nitrogens is 5. The minimum absolute atomic E-state index is 0.0689. The van der Waals surface area contributed by atoms with Crippen LogP contribution in [0, 0.1) is 0 Å². The first-order valence-electron chi connectivity index (χ1n) is 12.6. The van der Waals surface area contributed by atoms with Crippen LogP contribution in [0.1, 0.15) is 15.9 Å². The highest BCUT2D eigenvalue weighted by Gasteiger charge is 2.15. The van der Waals surface area contributed by atoms with Crippen LogP contribution in [0.3, 0.4) is 0 Å². The molecule has 0 aliphatic rings. The Balaban J connectivity index is 1.24. The van der Waals surface area contributed by atoms with Gasteiger partial charge in [0.1, 0.15) is 22.9 Å². The summed E-state index contributed by atoms with van der Waals surface area (Å²) in [5, 5.41) is 37.4. The minimum Gasteiger partial charge on any atom is -0.508 e. The monoisotopic (exact) mass is 541 g/mol. The van der Waals surface area contributed by atoms with Gasteiger partial charge in [-0.2, -0.15) is 10.2 Å². The lowest BCUT2D eigenvalue weighted by Gasteiger charge is -2.04. The molecular formula is C31H23N7O3. The fourth-order valence-electron chi connectivity index (χ4n) is 4.27. The molecule has 0 spiro atoms. The first kappa shape index (κ1) is 25.3. The summed E-state index contributed by atoms with van der Waals surface area (Å²) in [5.41, 5.74) is 7.44. The summed E-state index contributed by atoms with van der Waals surface area (Å²) in [6, 6.07) is 30.4. The molecular weight excluding hydrogens is 518 g/mol. The number of nitrogens with zero attached hydrogens (tertiary/aromatic N) is 6. The predicted molar refractivity (Wildman–Crippen MR) is 154 cm³/mol. The molecule has 0 aliphatic heterocycles. The van der Waals surface area contributed by atoms with E-state index in [0.29, 0.717) is 28.1 Å². The van der Waals surface area contributed by atoms with E-state index in [9.17, 15) is 15.0 Å². The first-order valence-corrected chi connectivity index (χ1v) is 12.6. The Hall–Kier alpha value is -6.03. The normalized spacial score (nSPS) is 11.1. The van der Waals surface area contributed by atoms with E-state index in [-0.39, 0.29) is 11.5 Å². The number of carbonyl (C=O) groups is 1. The number of para-hydroxylation sites is 1. The Morgan fingerprint density at radius 2 is 1.56 bits per heavy atom. The van der Waals surface area contributed by atoms with E-state index < -0.39 is 5.91 Å². The van der Waals surface area contributed by atoms with Crippen molar-refractivity contribution in [1.29, 1.82) is 0 Å². The smallest absolute Gasteiger partial charge is 0.271 e. The van der Waals surface area contributed by atoms with Crippen molar-refractivity contribution in [3.8, 4) is 45.4 Å². The van der Waals surface area contributed by atoms with E-state index in [4.69, 9.17) is 0 Å². The third-order valence-electron chi connectivity index (χ3n) is 6.31. The molecule has 0 saturated carbocycles. The van der Waals surface area contributed by atoms with Crippen LogP contribution in [0.5, 0.6) is 11.5 Å². The number of carbonyl (C=O) groups excluding carboxylic acids is 1. The standard InChI is InChI=1S/C31H23N7O3/c39-26-14-15-27(29(40)17-26)30-23(19-37(35-30)24-11-5-2-6-12-24)18-32-34-31(41)22-10-7-13-25(16-22)38-20-28(33-36-38)21-8-3-1-4-9-21/h1-20,39-40H,(H,34,41)/b32-18+. The molecule has 200 valence electrons. The summed E-state index contributed by atoms with van der Waals surface area (Å²) < 4.78 is 3.26. The van der Waals surface area contributed by atoms with Crippen molar-refractivity contribution in [3.63, 3.8) is 0 Å². The number of hydrogen-bond acceptors (Lipinski definition) is 7. The van der Waals surface area contributed by atoms with E-state index >= 15 is 0 Å². The second kappa shape index (κ2) is 11.0. The van der Waals surface area contributed by atoms with Crippen molar-refractivity contribution in [2.24, 2.45) is 5.10 Å². The molecule has 3 N–H and O–H groups in total. The van der Waals surface area contributed by atoms with Crippen molar-refractivity contribution in [2.45, 2.75) is 0 Å². The van der Waals surface area contributed by atoms with Gasteiger partial charge in [0.2, 0.25) is 0 Å². The zero-order valence-corrected chi connectivity index (χ0v) is 21.5. The summed E-state index contributed by atoms with van der Waals surface area (Å²) in [6.45, 7) is 0. The molecule has 0 aliphatic carbocycles. The van der Waals surface area contributed by atoms with Gasteiger partial charge in [-0.3, -0.25) is 4.79 Å². The van der Waals surface area contributed by atoms with Crippen molar-refractivity contribution >= 4 is 12.1 Å². The fraction of sp³-hybridized carbons (Fsp3) is 0. The van der Waals surface area contributed by atoms with Gasteiger partial charge in [0.15, 0.2) is 0 Å². The molecule has 0 fully saturated rings. The molecule has 2 heterocycles. The third kappa shape index (κ3) is 5.43. The zero-order valence-electron chi connectivity index (χ0n) is 21.5. The molecule has 4 aromatic carbocycles. The van der Waals surface area contributed by atoms with Gasteiger partial charge in [0, 0.05) is 34.5 Å². The van der Waals surface area contributed by atoms with Crippen LogP contribution in [0.25, 0.3) is 33.9 Å². The molecule has 10 nitrogen and oxygen atoms in total. The molecule has 1 amide bonds. The van der Waals surface area contributed by atoms with Gasteiger partial charge in [-0.05, 0) is 42.5 Å². The quantitative estimate of drug-likeness (QED) is 0.193. The Morgan fingerprint density at radius 1 is 0.805 bits per heavy atom. The van der Waals surface area contributed by atoms with Crippen LogP contribution in [0.2, 0.25) is 0 Å². The Labute approximate surface area is 234 Å². The van der Waals surface area contributed by atoms with E-state index in [1.165, 1.54) is 18.3 Å². The van der Waals surface area contributed by atoms with Gasteiger partial charge < -0.3 is 10.2 Å². The van der Waals surface area contributed by atoms with Crippen LogP contribution < -0.4 is 5.43 Å². The maximum Gasteiger partial charge on any atom is 0.271 e. The highest BCUT2D eigenvalue weighted by molar-refractivity contribution is 5.96. The Kier molecular flexibility index (Phi) is 6.77. The van der Waals surface area contributed by atoms with E-state index in [2.05, 4.69) is 25.9 Å². The molecule has 0 bridgehead atoms. The van der Waals surface area contributed by atoms with Crippen molar-refractivity contribution in [2.75, 3.05) is 0 Å². The van der Waals surface area contributed by atoms with Gasteiger partial charge in [0.05, 0.1) is 23.8 Å². The summed E-state index contributed by atoms with van der Waals surface area (Å²) in [4.78, 5) is 13.0. The lowest BCUT2D eigenvalue weighted by molar-refractivity contribution is 0.0955. The van der Waals surface area contributed by atoms with Gasteiger partial charge in [-0.15, -0.1) is 5.10 Å². The lowest BCUT2D eigenvalue weighted by Crippen LogP contribution is -2.17. The molecule has 0 atom stereocenters. The van der Waals surface area contributed by atoms with Crippen molar-refractivity contribution in [3.05, 3.63) is 127 Å². The third-order valence-corrected chi connectivity index (χ3v) is 6.31. The fourth-order valence-corrected chi connectivity index (χ4v) is 4.27. The van der Waals surface area contributed by atoms with Gasteiger partial charge in [-0.25, -0.2) is 14.8 Å². The van der Waals surface area contributed by atoms with Gasteiger partial charge in [0.25, 0.3) is 5.91 Å². The summed E-state index contributed by atoms with van der Waals surface area (Å²) in [6.07, 6.45) is 5.00. The Morgan fingerprint density at radius 3 is 2.34 bits per heavy atom. The number of benzene rings is 4. The van der Waals surface area contributed by atoms with Gasteiger partial charge >= 0.3 is 0 Å². The average molecular weight is 542 g/mol. The van der Waals surface area contributed by atoms with E-state index in [1.807, 2.05) is 66.7 Å². The zero-order chi connectivity index (χ0) is 28.2. The number of hydrazone groups is 1. The molecule has 6 aromatic rings. The van der Waals surface area contributed by atoms with Crippen LogP contribution in [0.15, 0.2) is 121 Å². The van der Waals surface area contributed by atoms with Crippen LogP contribution in [-0.2, 0) is 0 Å². The topological polar surface area (TPSA) is 130 Å². The summed E-state index contributed by atoms with van der Waals surface area (Å²) in [5.74, 6) is -0.626. The molecule has 10 heteroatoms. The maximum atomic E-state index is 13.0. The number of rotatable bonds is 7. The largest absolute Gasteiger partial charge is 0.508 e. The second-order valence-electron chi connectivity index (χ2n) is 9.08. The van der Waals surface area contributed by atoms with E-state index in [0.717, 1.165) is 16.9 Å². The van der Waals surface area contributed by atoms with Crippen LogP contribution >= 0.6 is 0 Å². The maximum absolute atomic E-state index is 13.0. The van der Waals surface area contributed by atoms with Crippen molar-refractivity contribution < 1.29 is 15.0 Å². The molecule has 41 heavy (non-hydrogen) atoms. The average Bonchev–Trinajstić information content (AvgIpc) is 3.67. The number of phenolic OH excluding ortho intramolecular Hbond substituents is 2. The highest BCUT2D eigenvalue weighted by atomic mass is 16.3. The number of amides is 1. The minimum atomic E-state index is -0.420. The summed E-state index contributed by atoms with van der Waals surface area (Å²) in [7, 11) is 0. The second-order valence-corrected chi connectivity index (χ2v) is 9.08. The van der Waals surface area contributed by atoms with Gasteiger partial charge in [-0.1, -0.05) is 59.8 Å². The molecule has 0 unspecified atom stereocenters. The SMILES string of the molecule is O=C(N/N=C/c1cn(-c2ccccc2)nc1-c1ccc(O)cc1O)c1cccc(-n2cc(-c3ccccc3)nn2)c1. The molecule has 0 radical (unpaired) electrons. The molecule has 0 saturated heterocycles. The predicted octanol–water partition coefficient (Wildman–Crippen LogP) is 4.96. The number of aromatic hydroxyl groups is 2. The van der Waals surface area contributed by atoms with E-state index in [1.54, 1.807) is 46.0 Å². The number of hydrogen-bond donors (Lipinski definition) is 3. The van der Waals surface area contributed by atoms with Crippen molar-refractivity contribution in [1.82, 2.24) is 30.2 Å². The molecule has 2 aromatic heterocycles. The Bertz CT molecular complexity index is 1860. The first-order chi connectivity index (χ1) is 20.0. The summed E-state index contributed by atoms with van der Waals surface area (Å²) >= 11 is 0. The number of nitrogens with one attached hydrogen (secondary N) is 1.